The summed E-state index contributed by atoms with van der Waals surface area (Å²) in [5, 5.41) is 11.5. The first kappa shape index (κ1) is 12.9. The molecule has 4 N–H and O–H groups in total. The van der Waals surface area contributed by atoms with Crippen LogP contribution in [0, 0.1) is 0 Å². The predicted octanol–water partition coefficient (Wildman–Crippen LogP) is -1.00. The van der Waals surface area contributed by atoms with Crippen molar-refractivity contribution in [1.29, 1.82) is 0 Å². The largest absolute Gasteiger partial charge is 0.480 e. The van der Waals surface area contributed by atoms with Crippen LogP contribution < -0.4 is 11.1 Å². The third-order valence-electron chi connectivity index (χ3n) is 2.77. The molecule has 0 aromatic rings. The van der Waals surface area contributed by atoms with Crippen molar-refractivity contribution in [1.82, 2.24) is 10.2 Å². The van der Waals surface area contributed by atoms with E-state index in [1.54, 1.807) is 0 Å². The second kappa shape index (κ2) is 5.81. The minimum Gasteiger partial charge on any atom is -0.480 e. The van der Waals surface area contributed by atoms with Gasteiger partial charge in [0.2, 0.25) is 5.91 Å². The zero-order valence-corrected chi connectivity index (χ0v) is 9.48. The maximum atomic E-state index is 10.8. The summed E-state index contributed by atoms with van der Waals surface area (Å²) in [6.45, 7) is 3.45. The van der Waals surface area contributed by atoms with Crippen molar-refractivity contribution in [3.8, 4) is 0 Å². The summed E-state index contributed by atoms with van der Waals surface area (Å²) >= 11 is 0. The predicted molar refractivity (Wildman–Crippen MR) is 58.9 cm³/mol. The summed E-state index contributed by atoms with van der Waals surface area (Å²) in [5.41, 5.74) is 5.45. The first-order chi connectivity index (χ1) is 7.49. The van der Waals surface area contributed by atoms with E-state index in [0.29, 0.717) is 6.54 Å². The number of carboxylic acid groups (broad SMARTS) is 1. The van der Waals surface area contributed by atoms with E-state index < -0.39 is 12.0 Å². The molecule has 6 heteroatoms. The number of rotatable bonds is 4. The number of piperidine rings is 1. The number of nitrogens with one attached hydrogen (secondary N) is 1. The molecule has 6 nitrogen and oxygen atoms in total. The first-order valence-electron chi connectivity index (χ1n) is 5.47. The lowest BCUT2D eigenvalue weighted by Crippen LogP contribution is -2.49. The van der Waals surface area contributed by atoms with Gasteiger partial charge in [0.25, 0.3) is 0 Å². The SMILES string of the molecule is CC(=O)NC1CCN(CC(N)C(=O)O)CC1. The average Bonchev–Trinajstić information content (AvgIpc) is 2.20. The van der Waals surface area contributed by atoms with E-state index in [4.69, 9.17) is 10.8 Å². The number of amides is 1. The van der Waals surface area contributed by atoms with Gasteiger partial charge in [0.15, 0.2) is 0 Å². The minimum absolute atomic E-state index is 0.0133. The Hall–Kier alpha value is -1.14. The van der Waals surface area contributed by atoms with Crippen LogP contribution in [-0.2, 0) is 9.59 Å². The summed E-state index contributed by atoms with van der Waals surface area (Å²) in [5.74, 6) is -0.982. The van der Waals surface area contributed by atoms with E-state index in [0.717, 1.165) is 25.9 Å². The molecule has 1 aliphatic heterocycles. The number of aliphatic carboxylic acids is 1. The molecule has 0 saturated carbocycles. The van der Waals surface area contributed by atoms with Gasteiger partial charge < -0.3 is 21.1 Å². The van der Waals surface area contributed by atoms with Gasteiger partial charge in [-0.1, -0.05) is 0 Å². The number of carboxylic acids is 1. The molecule has 1 atom stereocenters. The number of nitrogens with two attached hydrogens (primary N) is 1. The van der Waals surface area contributed by atoms with E-state index in [-0.39, 0.29) is 11.9 Å². The molecule has 1 rings (SSSR count). The molecule has 0 spiro atoms. The lowest BCUT2D eigenvalue weighted by atomic mass is 10.0. The topological polar surface area (TPSA) is 95.7 Å². The summed E-state index contributed by atoms with van der Waals surface area (Å²) < 4.78 is 0. The van der Waals surface area contributed by atoms with E-state index in [1.165, 1.54) is 6.92 Å². The van der Waals surface area contributed by atoms with Crippen LogP contribution in [0.2, 0.25) is 0 Å². The molecule has 1 heterocycles. The van der Waals surface area contributed by atoms with Gasteiger partial charge in [-0.05, 0) is 12.8 Å². The monoisotopic (exact) mass is 229 g/mol. The third kappa shape index (κ3) is 4.16. The van der Waals surface area contributed by atoms with Crippen LogP contribution in [0.15, 0.2) is 0 Å². The number of hydrogen-bond acceptors (Lipinski definition) is 4. The molecular weight excluding hydrogens is 210 g/mol. The smallest absolute Gasteiger partial charge is 0.321 e. The maximum absolute atomic E-state index is 10.8. The molecule has 92 valence electrons. The van der Waals surface area contributed by atoms with Gasteiger partial charge >= 0.3 is 5.97 Å². The van der Waals surface area contributed by atoms with Crippen LogP contribution in [0.1, 0.15) is 19.8 Å². The lowest BCUT2D eigenvalue weighted by Gasteiger charge is -2.32. The van der Waals surface area contributed by atoms with Crippen molar-refractivity contribution in [3.05, 3.63) is 0 Å². The maximum Gasteiger partial charge on any atom is 0.321 e. The molecule has 0 aromatic carbocycles. The molecule has 0 aromatic heterocycles. The van der Waals surface area contributed by atoms with Gasteiger partial charge in [0, 0.05) is 32.6 Å². The Morgan fingerprint density at radius 3 is 2.50 bits per heavy atom. The van der Waals surface area contributed by atoms with Crippen molar-refractivity contribution in [2.75, 3.05) is 19.6 Å². The fourth-order valence-electron chi connectivity index (χ4n) is 1.90. The second-order valence-electron chi connectivity index (χ2n) is 4.22. The van der Waals surface area contributed by atoms with Gasteiger partial charge in [-0.15, -0.1) is 0 Å². The zero-order chi connectivity index (χ0) is 12.1. The average molecular weight is 229 g/mol. The van der Waals surface area contributed by atoms with Crippen LogP contribution in [-0.4, -0.2) is 53.6 Å². The van der Waals surface area contributed by atoms with Gasteiger partial charge in [0.1, 0.15) is 6.04 Å². The number of nitrogens with zero attached hydrogens (tertiary/aromatic N) is 1. The Kier molecular flexibility index (Phi) is 4.70. The molecule has 16 heavy (non-hydrogen) atoms. The van der Waals surface area contributed by atoms with Crippen LogP contribution in [0.4, 0.5) is 0 Å². The van der Waals surface area contributed by atoms with Gasteiger partial charge in [-0.3, -0.25) is 9.59 Å². The standard InChI is InChI=1S/C10H19N3O3/c1-7(14)12-8-2-4-13(5-3-8)6-9(11)10(15)16/h8-9H,2-6,11H2,1H3,(H,12,14)(H,15,16). The quantitative estimate of drug-likeness (QED) is 0.574. The van der Waals surface area contributed by atoms with Crippen molar-refractivity contribution in [2.24, 2.45) is 5.73 Å². The van der Waals surface area contributed by atoms with Crippen LogP contribution >= 0.6 is 0 Å². The molecule has 1 amide bonds. The van der Waals surface area contributed by atoms with Crippen LogP contribution in [0.25, 0.3) is 0 Å². The van der Waals surface area contributed by atoms with Gasteiger partial charge in [-0.25, -0.2) is 0 Å². The Bertz CT molecular complexity index is 262. The third-order valence-corrected chi connectivity index (χ3v) is 2.77. The highest BCUT2D eigenvalue weighted by molar-refractivity contribution is 5.73. The normalized spacial score (nSPS) is 20.4. The van der Waals surface area contributed by atoms with Crippen molar-refractivity contribution in [3.63, 3.8) is 0 Å². The van der Waals surface area contributed by atoms with Crippen molar-refractivity contribution >= 4 is 11.9 Å². The number of likely N-dealkylation sites (tertiary alicyclic amines) is 1. The van der Waals surface area contributed by atoms with Gasteiger partial charge in [0.05, 0.1) is 0 Å². The molecule has 1 saturated heterocycles. The molecule has 0 aliphatic carbocycles. The fraction of sp³-hybridized carbons (Fsp3) is 0.800. The zero-order valence-electron chi connectivity index (χ0n) is 9.48. The van der Waals surface area contributed by atoms with Crippen LogP contribution in [0.3, 0.4) is 0 Å². The van der Waals surface area contributed by atoms with E-state index in [9.17, 15) is 9.59 Å². The molecule has 1 aliphatic rings. The highest BCUT2D eigenvalue weighted by atomic mass is 16.4. The Labute approximate surface area is 94.8 Å². The summed E-state index contributed by atoms with van der Waals surface area (Å²) in [7, 11) is 0. The van der Waals surface area contributed by atoms with E-state index >= 15 is 0 Å². The molecule has 0 radical (unpaired) electrons. The Morgan fingerprint density at radius 2 is 2.06 bits per heavy atom. The number of carbonyl (C=O) groups excluding carboxylic acids is 1. The highest BCUT2D eigenvalue weighted by Gasteiger charge is 2.22. The second-order valence-corrected chi connectivity index (χ2v) is 4.22. The van der Waals surface area contributed by atoms with Gasteiger partial charge in [-0.2, -0.15) is 0 Å². The summed E-state index contributed by atoms with van der Waals surface area (Å²) in [6.07, 6.45) is 1.71. The fourth-order valence-corrected chi connectivity index (χ4v) is 1.90. The minimum atomic E-state index is -0.969. The first-order valence-corrected chi connectivity index (χ1v) is 5.47. The lowest BCUT2D eigenvalue weighted by molar-refractivity contribution is -0.139. The highest BCUT2D eigenvalue weighted by Crippen LogP contribution is 2.10. The van der Waals surface area contributed by atoms with Crippen molar-refractivity contribution < 1.29 is 14.7 Å². The molecule has 1 fully saturated rings. The molecule has 1 unspecified atom stereocenters. The van der Waals surface area contributed by atoms with Crippen LogP contribution in [0.5, 0.6) is 0 Å². The number of carbonyl (C=O) groups is 2. The summed E-state index contributed by atoms with van der Waals surface area (Å²) in [4.78, 5) is 23.4. The van der Waals surface area contributed by atoms with E-state index in [2.05, 4.69) is 5.32 Å². The number of hydrogen-bond donors (Lipinski definition) is 3. The van der Waals surface area contributed by atoms with Crippen molar-refractivity contribution in [2.45, 2.75) is 31.8 Å². The van der Waals surface area contributed by atoms with E-state index in [1.807, 2.05) is 4.90 Å². The summed E-state index contributed by atoms with van der Waals surface area (Å²) in [6, 6.07) is -0.605. The Balaban J connectivity index is 2.26. The molecule has 0 bridgehead atoms. The molecular formula is C10H19N3O3. The Morgan fingerprint density at radius 1 is 1.50 bits per heavy atom.